The van der Waals surface area contributed by atoms with E-state index >= 15 is 0 Å². The van der Waals surface area contributed by atoms with E-state index < -0.39 is 0 Å². The van der Waals surface area contributed by atoms with Crippen molar-refractivity contribution in [3.63, 3.8) is 0 Å². The second kappa shape index (κ2) is 6.50. The maximum atomic E-state index is 12.2. The zero-order chi connectivity index (χ0) is 13.8. The van der Waals surface area contributed by atoms with E-state index in [1.165, 1.54) is 10.4 Å². The molecule has 1 aliphatic heterocycles. The minimum Gasteiger partial charge on any atom is -0.395 e. The van der Waals surface area contributed by atoms with Crippen molar-refractivity contribution in [3.05, 3.63) is 21.9 Å². The van der Waals surface area contributed by atoms with Crippen LogP contribution in [0.5, 0.6) is 0 Å². The van der Waals surface area contributed by atoms with Crippen LogP contribution in [0.4, 0.5) is 0 Å². The summed E-state index contributed by atoms with van der Waals surface area (Å²) in [7, 11) is 0. The number of carbonyl (C=O) groups is 1. The van der Waals surface area contributed by atoms with Crippen LogP contribution < -0.4 is 5.32 Å². The normalized spacial score (nSPS) is 16.5. The van der Waals surface area contributed by atoms with Crippen LogP contribution in [0.15, 0.2) is 11.4 Å². The summed E-state index contributed by atoms with van der Waals surface area (Å²) in [5, 5.41) is 14.5. The molecular formula is C14H22N2O2S. The van der Waals surface area contributed by atoms with Crippen LogP contribution in [-0.2, 0) is 17.8 Å². The Kier molecular flexibility index (Phi) is 4.96. The molecule has 0 spiro atoms. The molecule has 2 heterocycles. The predicted molar refractivity (Wildman–Crippen MR) is 77.2 cm³/mol. The Morgan fingerprint density at radius 2 is 2.37 bits per heavy atom. The molecule has 0 bridgehead atoms. The lowest BCUT2D eigenvalue weighted by molar-refractivity contribution is -0.131. The van der Waals surface area contributed by atoms with Gasteiger partial charge in [0.15, 0.2) is 0 Å². The van der Waals surface area contributed by atoms with Gasteiger partial charge < -0.3 is 15.3 Å². The Morgan fingerprint density at radius 3 is 3.05 bits per heavy atom. The fourth-order valence-corrected chi connectivity index (χ4v) is 3.19. The van der Waals surface area contributed by atoms with Crippen LogP contribution in [-0.4, -0.2) is 41.7 Å². The van der Waals surface area contributed by atoms with E-state index in [1.54, 1.807) is 11.3 Å². The smallest absolute Gasteiger partial charge is 0.236 e. The Morgan fingerprint density at radius 1 is 1.58 bits per heavy atom. The van der Waals surface area contributed by atoms with E-state index in [4.69, 9.17) is 0 Å². The van der Waals surface area contributed by atoms with Crippen molar-refractivity contribution in [1.29, 1.82) is 0 Å². The van der Waals surface area contributed by atoms with E-state index in [1.807, 2.05) is 18.7 Å². The number of hydrogen-bond donors (Lipinski definition) is 2. The lowest BCUT2D eigenvalue weighted by Gasteiger charge is -2.28. The molecule has 4 nitrogen and oxygen atoms in total. The summed E-state index contributed by atoms with van der Waals surface area (Å²) in [5.41, 5.74) is 1.28. The zero-order valence-electron chi connectivity index (χ0n) is 11.6. The van der Waals surface area contributed by atoms with Gasteiger partial charge in [-0.2, -0.15) is 0 Å². The number of amides is 1. The number of nitrogens with one attached hydrogen (secondary N) is 1. The van der Waals surface area contributed by atoms with Gasteiger partial charge in [-0.15, -0.1) is 11.3 Å². The maximum absolute atomic E-state index is 12.2. The maximum Gasteiger partial charge on any atom is 0.236 e. The number of carbonyl (C=O) groups excluding carboxylic acids is 1. The first-order valence-electron chi connectivity index (χ1n) is 6.79. The molecule has 1 aromatic rings. The molecule has 1 aliphatic rings. The van der Waals surface area contributed by atoms with Gasteiger partial charge in [0.25, 0.3) is 0 Å². The standard InChI is InChI=1S/C14H22N2O2S/c1-10(2)12(9-17)15-7-14(18)16-5-3-13-11(8-16)4-6-19-13/h4,6,10,12,15,17H,3,5,7-9H2,1-2H3/t12-/m1/s1. The second-order valence-electron chi connectivity index (χ2n) is 5.35. The first-order chi connectivity index (χ1) is 9.11. The van der Waals surface area contributed by atoms with Crippen molar-refractivity contribution < 1.29 is 9.90 Å². The minimum absolute atomic E-state index is 0.00884. The summed E-state index contributed by atoms with van der Waals surface area (Å²) in [5.74, 6) is 0.443. The lowest BCUT2D eigenvalue weighted by Crippen LogP contribution is -2.46. The largest absolute Gasteiger partial charge is 0.395 e. The van der Waals surface area contributed by atoms with Crippen molar-refractivity contribution in [3.8, 4) is 0 Å². The van der Waals surface area contributed by atoms with Crippen LogP contribution in [0.3, 0.4) is 0 Å². The molecule has 1 atom stereocenters. The van der Waals surface area contributed by atoms with Gasteiger partial charge in [0.05, 0.1) is 13.2 Å². The van der Waals surface area contributed by atoms with E-state index in [2.05, 4.69) is 16.8 Å². The summed E-state index contributed by atoms with van der Waals surface area (Å²) >= 11 is 1.78. The summed E-state index contributed by atoms with van der Waals surface area (Å²) in [4.78, 5) is 15.5. The van der Waals surface area contributed by atoms with Crippen molar-refractivity contribution >= 4 is 17.2 Å². The molecule has 1 amide bonds. The fraction of sp³-hybridized carbons (Fsp3) is 0.643. The van der Waals surface area contributed by atoms with Crippen LogP contribution in [0.2, 0.25) is 0 Å². The van der Waals surface area contributed by atoms with E-state index in [-0.39, 0.29) is 18.6 Å². The van der Waals surface area contributed by atoms with Gasteiger partial charge in [-0.3, -0.25) is 4.79 Å². The Balaban J connectivity index is 1.85. The van der Waals surface area contributed by atoms with E-state index in [9.17, 15) is 9.90 Å². The molecule has 0 unspecified atom stereocenters. The van der Waals surface area contributed by atoms with E-state index in [0.29, 0.717) is 12.5 Å². The number of rotatable bonds is 5. The Labute approximate surface area is 118 Å². The number of aliphatic hydroxyl groups is 1. The predicted octanol–water partition coefficient (Wildman–Crippen LogP) is 1.24. The lowest BCUT2D eigenvalue weighted by atomic mass is 10.1. The van der Waals surface area contributed by atoms with Gasteiger partial charge >= 0.3 is 0 Å². The molecule has 106 valence electrons. The first-order valence-corrected chi connectivity index (χ1v) is 7.67. The Hall–Kier alpha value is -0.910. The molecule has 19 heavy (non-hydrogen) atoms. The topological polar surface area (TPSA) is 52.6 Å². The molecular weight excluding hydrogens is 260 g/mol. The highest BCUT2D eigenvalue weighted by molar-refractivity contribution is 7.10. The average Bonchev–Trinajstić information content (AvgIpc) is 2.85. The third-order valence-electron chi connectivity index (χ3n) is 3.68. The molecule has 2 N–H and O–H groups in total. The van der Waals surface area contributed by atoms with Crippen LogP contribution in [0.25, 0.3) is 0 Å². The van der Waals surface area contributed by atoms with Gasteiger partial charge in [-0.25, -0.2) is 0 Å². The highest BCUT2D eigenvalue weighted by atomic mass is 32.1. The second-order valence-corrected chi connectivity index (χ2v) is 6.35. The van der Waals surface area contributed by atoms with Gasteiger partial charge in [0.1, 0.15) is 0 Å². The average molecular weight is 282 g/mol. The SMILES string of the molecule is CC(C)[C@@H](CO)NCC(=O)N1CCc2sccc2C1. The molecule has 0 aromatic carbocycles. The summed E-state index contributed by atoms with van der Waals surface area (Å²) in [6.07, 6.45) is 0.965. The zero-order valence-corrected chi connectivity index (χ0v) is 12.4. The highest BCUT2D eigenvalue weighted by Crippen LogP contribution is 2.23. The molecule has 0 aliphatic carbocycles. The first kappa shape index (κ1) is 14.5. The summed E-state index contributed by atoms with van der Waals surface area (Å²) in [6, 6.07) is 2.10. The third kappa shape index (κ3) is 3.55. The van der Waals surface area contributed by atoms with Gasteiger partial charge in [0.2, 0.25) is 5.91 Å². The number of nitrogens with zero attached hydrogens (tertiary/aromatic N) is 1. The number of fused-ring (bicyclic) bond motifs is 1. The molecule has 0 saturated heterocycles. The number of thiophene rings is 1. The molecule has 5 heteroatoms. The summed E-state index contributed by atoms with van der Waals surface area (Å²) in [6.45, 7) is 5.99. The van der Waals surface area contributed by atoms with Gasteiger partial charge in [-0.05, 0) is 29.3 Å². The Bertz CT molecular complexity index is 431. The molecule has 2 rings (SSSR count). The quantitative estimate of drug-likeness (QED) is 0.854. The molecule has 0 fully saturated rings. The number of hydrogen-bond acceptors (Lipinski definition) is 4. The third-order valence-corrected chi connectivity index (χ3v) is 4.70. The van der Waals surface area contributed by atoms with Crippen molar-refractivity contribution in [1.82, 2.24) is 10.2 Å². The van der Waals surface area contributed by atoms with Gasteiger partial charge in [0, 0.05) is 24.0 Å². The van der Waals surface area contributed by atoms with Crippen LogP contribution in [0.1, 0.15) is 24.3 Å². The van der Waals surface area contributed by atoms with Crippen molar-refractivity contribution in [2.45, 2.75) is 32.9 Å². The minimum atomic E-state index is -0.00884. The molecule has 0 saturated carbocycles. The monoisotopic (exact) mass is 282 g/mol. The highest BCUT2D eigenvalue weighted by Gasteiger charge is 2.22. The van der Waals surface area contributed by atoms with Crippen molar-refractivity contribution in [2.75, 3.05) is 19.7 Å². The van der Waals surface area contributed by atoms with Gasteiger partial charge in [-0.1, -0.05) is 13.8 Å². The molecule has 0 radical (unpaired) electrons. The van der Waals surface area contributed by atoms with Crippen LogP contribution in [0, 0.1) is 5.92 Å². The fourth-order valence-electron chi connectivity index (χ4n) is 2.30. The summed E-state index contributed by atoms with van der Waals surface area (Å²) < 4.78 is 0. The van der Waals surface area contributed by atoms with E-state index in [0.717, 1.165) is 19.5 Å². The van der Waals surface area contributed by atoms with Crippen molar-refractivity contribution in [2.24, 2.45) is 5.92 Å². The molecule has 1 aromatic heterocycles. The van der Waals surface area contributed by atoms with Crippen LogP contribution >= 0.6 is 11.3 Å². The number of aliphatic hydroxyl groups excluding tert-OH is 1.